The number of alkyl halides is 1. The molecule has 64 valence electrons. The van der Waals surface area contributed by atoms with Crippen LogP contribution in [0.15, 0.2) is 0 Å². The SMILES string of the molecule is NC(=O)C1CCCN1CCI. The van der Waals surface area contributed by atoms with Crippen LogP contribution < -0.4 is 5.73 Å². The molecule has 11 heavy (non-hydrogen) atoms. The summed E-state index contributed by atoms with van der Waals surface area (Å²) >= 11 is 2.32. The molecule has 0 aromatic rings. The van der Waals surface area contributed by atoms with Gasteiger partial charge >= 0.3 is 0 Å². The summed E-state index contributed by atoms with van der Waals surface area (Å²) in [6, 6.07) is 0.0183. The fraction of sp³-hybridized carbons (Fsp3) is 0.857. The molecule has 1 amide bonds. The smallest absolute Gasteiger partial charge is 0.234 e. The molecule has 1 unspecified atom stereocenters. The van der Waals surface area contributed by atoms with E-state index in [-0.39, 0.29) is 11.9 Å². The van der Waals surface area contributed by atoms with Gasteiger partial charge in [0.05, 0.1) is 6.04 Å². The molecule has 1 heterocycles. The molecule has 4 heteroatoms. The number of carbonyl (C=O) groups excluding carboxylic acids is 1. The summed E-state index contributed by atoms with van der Waals surface area (Å²) in [4.78, 5) is 13.0. The van der Waals surface area contributed by atoms with E-state index in [4.69, 9.17) is 5.73 Å². The van der Waals surface area contributed by atoms with Crippen LogP contribution in [0.3, 0.4) is 0 Å². The second kappa shape index (κ2) is 4.25. The molecule has 1 fully saturated rings. The average Bonchev–Trinajstić information content (AvgIpc) is 2.36. The number of carbonyl (C=O) groups is 1. The summed E-state index contributed by atoms with van der Waals surface area (Å²) in [6.07, 6.45) is 2.07. The lowest BCUT2D eigenvalue weighted by atomic mass is 10.2. The number of halogens is 1. The lowest BCUT2D eigenvalue weighted by molar-refractivity contribution is -0.122. The standard InChI is InChI=1S/C7H13IN2O/c8-3-5-10-4-1-2-6(10)7(9)11/h6H,1-5H2,(H2,9,11). The Labute approximate surface area is 80.4 Å². The monoisotopic (exact) mass is 268 g/mol. The summed E-state index contributed by atoms with van der Waals surface area (Å²) in [5.74, 6) is -0.160. The maximum absolute atomic E-state index is 10.9. The van der Waals surface area contributed by atoms with Crippen LogP contribution >= 0.6 is 22.6 Å². The van der Waals surface area contributed by atoms with Crippen molar-refractivity contribution in [2.75, 3.05) is 17.5 Å². The first-order chi connectivity index (χ1) is 5.25. The van der Waals surface area contributed by atoms with Crippen molar-refractivity contribution in [1.29, 1.82) is 0 Å². The molecule has 1 atom stereocenters. The zero-order valence-electron chi connectivity index (χ0n) is 6.42. The fourth-order valence-electron chi connectivity index (χ4n) is 1.52. The van der Waals surface area contributed by atoms with Crippen LogP contribution in [-0.2, 0) is 4.79 Å². The largest absolute Gasteiger partial charge is 0.368 e. The van der Waals surface area contributed by atoms with E-state index in [0.29, 0.717) is 0 Å². The van der Waals surface area contributed by atoms with E-state index in [9.17, 15) is 4.79 Å². The van der Waals surface area contributed by atoms with Gasteiger partial charge < -0.3 is 5.73 Å². The summed E-state index contributed by atoms with van der Waals surface area (Å²) in [7, 11) is 0. The molecule has 0 aromatic heterocycles. The topological polar surface area (TPSA) is 46.3 Å². The molecular formula is C7H13IN2O. The first kappa shape index (κ1) is 9.25. The van der Waals surface area contributed by atoms with Gasteiger partial charge in [-0.25, -0.2) is 0 Å². The Morgan fingerprint density at radius 2 is 2.45 bits per heavy atom. The first-order valence-corrected chi connectivity index (χ1v) is 5.37. The van der Waals surface area contributed by atoms with Crippen molar-refractivity contribution in [2.45, 2.75) is 18.9 Å². The third-order valence-corrected chi connectivity index (χ3v) is 2.55. The number of likely N-dealkylation sites (tertiary alicyclic amines) is 1. The molecule has 1 rings (SSSR count). The number of primary amides is 1. The quantitative estimate of drug-likeness (QED) is 0.594. The molecule has 1 aliphatic heterocycles. The Morgan fingerprint density at radius 3 is 3.00 bits per heavy atom. The zero-order chi connectivity index (χ0) is 8.27. The minimum Gasteiger partial charge on any atom is -0.368 e. The maximum Gasteiger partial charge on any atom is 0.234 e. The van der Waals surface area contributed by atoms with Gasteiger partial charge in [0.2, 0.25) is 5.91 Å². The Kier molecular flexibility index (Phi) is 3.58. The van der Waals surface area contributed by atoms with Crippen molar-refractivity contribution < 1.29 is 4.79 Å². The highest BCUT2D eigenvalue weighted by Gasteiger charge is 2.27. The van der Waals surface area contributed by atoms with Gasteiger partial charge in [-0.1, -0.05) is 22.6 Å². The molecule has 0 saturated carbocycles. The summed E-state index contributed by atoms with van der Waals surface area (Å²) in [5, 5.41) is 0. The van der Waals surface area contributed by atoms with Crippen LogP contribution in [0.1, 0.15) is 12.8 Å². The molecule has 0 aliphatic carbocycles. The van der Waals surface area contributed by atoms with Crippen molar-refractivity contribution in [3.63, 3.8) is 0 Å². The van der Waals surface area contributed by atoms with Crippen molar-refractivity contribution in [2.24, 2.45) is 5.73 Å². The number of hydrogen-bond donors (Lipinski definition) is 1. The molecule has 0 aromatic carbocycles. The highest BCUT2D eigenvalue weighted by atomic mass is 127. The zero-order valence-corrected chi connectivity index (χ0v) is 8.58. The van der Waals surface area contributed by atoms with Gasteiger partial charge in [0.1, 0.15) is 0 Å². The third kappa shape index (κ3) is 2.30. The van der Waals surface area contributed by atoms with E-state index in [1.165, 1.54) is 0 Å². The van der Waals surface area contributed by atoms with Crippen LogP contribution in [0.5, 0.6) is 0 Å². The van der Waals surface area contributed by atoms with Gasteiger partial charge in [0, 0.05) is 11.0 Å². The molecule has 0 bridgehead atoms. The van der Waals surface area contributed by atoms with Crippen molar-refractivity contribution in [3.8, 4) is 0 Å². The predicted molar refractivity (Wildman–Crippen MR) is 52.7 cm³/mol. The molecule has 1 saturated heterocycles. The van der Waals surface area contributed by atoms with E-state index in [1.54, 1.807) is 0 Å². The minimum absolute atomic E-state index is 0.0183. The summed E-state index contributed by atoms with van der Waals surface area (Å²) in [5.41, 5.74) is 5.24. The Morgan fingerprint density at radius 1 is 1.73 bits per heavy atom. The Hall–Kier alpha value is 0.160. The van der Waals surface area contributed by atoms with Crippen molar-refractivity contribution in [1.82, 2.24) is 4.90 Å². The normalized spacial score (nSPS) is 25.7. The van der Waals surface area contributed by atoms with E-state index >= 15 is 0 Å². The molecule has 0 radical (unpaired) electrons. The van der Waals surface area contributed by atoms with E-state index in [0.717, 1.165) is 30.4 Å². The highest BCUT2D eigenvalue weighted by molar-refractivity contribution is 14.1. The van der Waals surface area contributed by atoms with Gasteiger partial charge in [-0.15, -0.1) is 0 Å². The average molecular weight is 268 g/mol. The van der Waals surface area contributed by atoms with Crippen LogP contribution in [0, 0.1) is 0 Å². The summed E-state index contributed by atoms with van der Waals surface area (Å²) in [6.45, 7) is 2.03. The van der Waals surface area contributed by atoms with Crippen LogP contribution in [0.2, 0.25) is 0 Å². The maximum atomic E-state index is 10.9. The lowest BCUT2D eigenvalue weighted by Gasteiger charge is -2.19. The van der Waals surface area contributed by atoms with Gasteiger partial charge in [0.25, 0.3) is 0 Å². The van der Waals surface area contributed by atoms with Gasteiger partial charge in [-0.2, -0.15) is 0 Å². The van der Waals surface area contributed by atoms with Crippen LogP contribution in [0.25, 0.3) is 0 Å². The lowest BCUT2D eigenvalue weighted by Crippen LogP contribution is -2.41. The van der Waals surface area contributed by atoms with Gasteiger partial charge in [0.15, 0.2) is 0 Å². The van der Waals surface area contributed by atoms with Crippen LogP contribution in [0.4, 0.5) is 0 Å². The molecule has 2 N–H and O–H groups in total. The third-order valence-electron chi connectivity index (χ3n) is 2.06. The second-order valence-corrected chi connectivity index (χ2v) is 3.86. The molecule has 3 nitrogen and oxygen atoms in total. The van der Waals surface area contributed by atoms with Gasteiger partial charge in [-0.05, 0) is 19.4 Å². The number of nitrogens with two attached hydrogens (primary N) is 1. The van der Waals surface area contributed by atoms with Crippen molar-refractivity contribution in [3.05, 3.63) is 0 Å². The second-order valence-electron chi connectivity index (χ2n) is 2.79. The highest BCUT2D eigenvalue weighted by Crippen LogP contribution is 2.16. The minimum atomic E-state index is -0.160. The molecule has 1 aliphatic rings. The van der Waals surface area contributed by atoms with Crippen molar-refractivity contribution >= 4 is 28.5 Å². The van der Waals surface area contributed by atoms with E-state index in [1.807, 2.05) is 0 Å². The number of nitrogens with zero attached hydrogens (tertiary/aromatic N) is 1. The number of hydrogen-bond acceptors (Lipinski definition) is 2. The van der Waals surface area contributed by atoms with E-state index in [2.05, 4.69) is 27.5 Å². The Bertz CT molecular complexity index is 151. The molecular weight excluding hydrogens is 255 g/mol. The predicted octanol–water partition coefficient (Wildman–Crippen LogP) is 0.371. The van der Waals surface area contributed by atoms with Crippen LogP contribution in [-0.4, -0.2) is 34.4 Å². The summed E-state index contributed by atoms with van der Waals surface area (Å²) < 4.78 is 1.07. The van der Waals surface area contributed by atoms with Gasteiger partial charge in [-0.3, -0.25) is 9.69 Å². The fourth-order valence-corrected chi connectivity index (χ4v) is 2.14. The number of amides is 1. The number of rotatable bonds is 3. The van der Waals surface area contributed by atoms with E-state index < -0.39 is 0 Å². The Balaban J connectivity index is 2.44. The molecule has 0 spiro atoms. The first-order valence-electron chi connectivity index (χ1n) is 3.85.